The number of hydrogen-bond donors (Lipinski definition) is 1. The van der Waals surface area contributed by atoms with Gasteiger partial charge in [0.1, 0.15) is 13.1 Å². The molecule has 0 bridgehead atoms. The molecule has 2 aliphatic rings. The van der Waals surface area contributed by atoms with Gasteiger partial charge in [-0.15, -0.1) is 0 Å². The summed E-state index contributed by atoms with van der Waals surface area (Å²) >= 11 is 0. The van der Waals surface area contributed by atoms with Crippen LogP contribution in [0.5, 0.6) is 0 Å². The number of carbonyl (C=O) groups excluding carboxylic acids is 3. The van der Waals surface area contributed by atoms with Crippen molar-refractivity contribution < 1.29 is 27.6 Å². The van der Waals surface area contributed by atoms with Gasteiger partial charge in [-0.2, -0.15) is 13.2 Å². The highest BCUT2D eigenvalue weighted by atomic mass is 19.4. The number of nitrogens with zero attached hydrogens (tertiary/aromatic N) is 1. The van der Waals surface area contributed by atoms with Crippen LogP contribution in [0.25, 0.3) is 0 Å². The molecule has 1 fully saturated rings. The first-order valence-electron chi connectivity index (χ1n) is 6.13. The van der Waals surface area contributed by atoms with E-state index in [2.05, 4.69) is 0 Å². The maximum absolute atomic E-state index is 12.0. The molecular formula is C12H13F3N2O3. The van der Waals surface area contributed by atoms with E-state index in [1.54, 1.807) is 17.5 Å². The van der Waals surface area contributed by atoms with E-state index in [9.17, 15) is 27.6 Å². The highest BCUT2D eigenvalue weighted by Gasteiger charge is 2.47. The number of rotatable bonds is 3. The molecule has 1 heterocycles. The van der Waals surface area contributed by atoms with E-state index >= 15 is 0 Å². The highest BCUT2D eigenvalue weighted by molar-refractivity contribution is 6.07. The lowest BCUT2D eigenvalue weighted by atomic mass is 9.85. The van der Waals surface area contributed by atoms with Crippen molar-refractivity contribution >= 4 is 17.7 Å². The van der Waals surface area contributed by atoms with Crippen LogP contribution in [-0.4, -0.2) is 41.9 Å². The summed E-state index contributed by atoms with van der Waals surface area (Å²) in [7, 11) is 0. The molecule has 0 spiro atoms. The Morgan fingerprint density at radius 3 is 2.15 bits per heavy atom. The van der Waals surface area contributed by atoms with Gasteiger partial charge in [-0.3, -0.25) is 19.3 Å². The lowest BCUT2D eigenvalue weighted by molar-refractivity contribution is -0.146. The van der Waals surface area contributed by atoms with Gasteiger partial charge in [-0.25, -0.2) is 0 Å². The third kappa shape index (κ3) is 3.00. The summed E-state index contributed by atoms with van der Waals surface area (Å²) in [6.45, 7) is -2.13. The molecule has 0 aromatic heterocycles. The van der Waals surface area contributed by atoms with Crippen LogP contribution in [0, 0.1) is 11.8 Å². The summed E-state index contributed by atoms with van der Waals surface area (Å²) in [6.07, 6.45) is -0.0858. The average Bonchev–Trinajstić information content (AvgIpc) is 2.62. The van der Waals surface area contributed by atoms with Crippen LogP contribution >= 0.6 is 0 Å². The third-order valence-corrected chi connectivity index (χ3v) is 3.39. The molecule has 0 radical (unpaired) electrons. The SMILES string of the molecule is O=C(CN1C(=O)[C@H]2CC=CC[C@@H]2C1=O)NCC(F)(F)F. The molecule has 8 heteroatoms. The molecule has 0 aromatic rings. The van der Waals surface area contributed by atoms with Crippen LogP contribution in [0.15, 0.2) is 12.2 Å². The standard InChI is InChI=1S/C12H13F3N2O3/c13-12(14,15)6-16-9(18)5-17-10(19)7-3-1-2-4-8(7)11(17)20/h1-2,7-8H,3-6H2,(H,16,18)/t7-,8-/m0/s1. The second-order valence-corrected chi connectivity index (χ2v) is 4.81. The predicted octanol–water partition coefficient (Wildman–Crippen LogP) is 0.616. The molecule has 2 rings (SSSR count). The van der Waals surface area contributed by atoms with Gasteiger partial charge in [0.2, 0.25) is 17.7 Å². The molecule has 2 atom stereocenters. The number of carbonyl (C=O) groups is 3. The zero-order valence-electron chi connectivity index (χ0n) is 10.4. The van der Waals surface area contributed by atoms with E-state index in [0.717, 1.165) is 4.90 Å². The van der Waals surface area contributed by atoms with Crippen LogP contribution in [0.2, 0.25) is 0 Å². The van der Waals surface area contributed by atoms with Crippen molar-refractivity contribution in [2.75, 3.05) is 13.1 Å². The molecule has 20 heavy (non-hydrogen) atoms. The van der Waals surface area contributed by atoms with E-state index in [-0.39, 0.29) is 0 Å². The molecule has 1 N–H and O–H groups in total. The fourth-order valence-electron chi connectivity index (χ4n) is 2.42. The van der Waals surface area contributed by atoms with Crippen molar-refractivity contribution in [1.82, 2.24) is 10.2 Å². The van der Waals surface area contributed by atoms with Gasteiger partial charge in [0, 0.05) is 0 Å². The Bertz CT molecular complexity index is 447. The summed E-state index contributed by atoms with van der Waals surface area (Å²) in [5, 5.41) is 1.65. The second-order valence-electron chi connectivity index (χ2n) is 4.81. The van der Waals surface area contributed by atoms with Crippen molar-refractivity contribution in [3.8, 4) is 0 Å². The number of fused-ring (bicyclic) bond motifs is 1. The number of allylic oxidation sites excluding steroid dienone is 2. The quantitative estimate of drug-likeness (QED) is 0.612. The van der Waals surface area contributed by atoms with E-state index in [0.29, 0.717) is 12.8 Å². The zero-order chi connectivity index (χ0) is 14.9. The Kier molecular flexibility index (Phi) is 3.82. The van der Waals surface area contributed by atoms with Gasteiger partial charge in [-0.1, -0.05) is 12.2 Å². The maximum Gasteiger partial charge on any atom is 0.405 e. The zero-order valence-corrected chi connectivity index (χ0v) is 10.4. The Balaban J connectivity index is 1.95. The van der Waals surface area contributed by atoms with Gasteiger partial charge in [-0.05, 0) is 12.8 Å². The summed E-state index contributed by atoms with van der Waals surface area (Å²) < 4.78 is 35.9. The van der Waals surface area contributed by atoms with E-state index in [1.807, 2.05) is 0 Å². The molecule has 3 amide bonds. The summed E-state index contributed by atoms with van der Waals surface area (Å²) in [6, 6.07) is 0. The van der Waals surface area contributed by atoms with E-state index in [1.165, 1.54) is 0 Å². The smallest absolute Gasteiger partial charge is 0.345 e. The molecule has 1 aliphatic heterocycles. The molecule has 1 saturated heterocycles. The number of nitrogens with one attached hydrogen (secondary N) is 1. The lowest BCUT2D eigenvalue weighted by Gasteiger charge is -2.15. The van der Waals surface area contributed by atoms with Crippen molar-refractivity contribution in [3.63, 3.8) is 0 Å². The number of alkyl halides is 3. The van der Waals surface area contributed by atoms with Gasteiger partial charge in [0.15, 0.2) is 0 Å². The van der Waals surface area contributed by atoms with Crippen molar-refractivity contribution in [2.24, 2.45) is 11.8 Å². The van der Waals surface area contributed by atoms with E-state index in [4.69, 9.17) is 0 Å². The van der Waals surface area contributed by atoms with Crippen molar-refractivity contribution in [1.29, 1.82) is 0 Å². The first kappa shape index (κ1) is 14.5. The largest absolute Gasteiger partial charge is 0.405 e. The minimum absolute atomic E-state index is 0.426. The fraction of sp³-hybridized carbons (Fsp3) is 0.583. The minimum Gasteiger partial charge on any atom is -0.345 e. The van der Waals surface area contributed by atoms with Crippen LogP contribution in [0.4, 0.5) is 13.2 Å². The topological polar surface area (TPSA) is 66.5 Å². The number of imide groups is 1. The Hall–Kier alpha value is -1.86. The Morgan fingerprint density at radius 1 is 1.20 bits per heavy atom. The molecule has 0 saturated carbocycles. The minimum atomic E-state index is -4.52. The fourth-order valence-corrected chi connectivity index (χ4v) is 2.42. The van der Waals surface area contributed by atoms with Gasteiger partial charge in [0.05, 0.1) is 11.8 Å². The summed E-state index contributed by atoms with van der Waals surface area (Å²) in [4.78, 5) is 36.0. The molecule has 1 aliphatic carbocycles. The van der Waals surface area contributed by atoms with Crippen LogP contribution in [0.1, 0.15) is 12.8 Å². The van der Waals surface area contributed by atoms with Crippen LogP contribution in [-0.2, 0) is 14.4 Å². The second kappa shape index (κ2) is 5.26. The van der Waals surface area contributed by atoms with Crippen molar-refractivity contribution in [2.45, 2.75) is 19.0 Å². The van der Waals surface area contributed by atoms with Gasteiger partial charge >= 0.3 is 6.18 Å². The maximum atomic E-state index is 12.0. The molecule has 5 nitrogen and oxygen atoms in total. The summed E-state index contributed by atoms with van der Waals surface area (Å²) in [5.74, 6) is -2.92. The summed E-state index contributed by atoms with van der Waals surface area (Å²) in [5.41, 5.74) is 0. The predicted molar refractivity (Wildman–Crippen MR) is 61.1 cm³/mol. The molecule has 0 aromatic carbocycles. The number of amides is 3. The van der Waals surface area contributed by atoms with Crippen molar-refractivity contribution in [3.05, 3.63) is 12.2 Å². The molecular weight excluding hydrogens is 277 g/mol. The molecule has 0 unspecified atom stereocenters. The number of likely N-dealkylation sites (tertiary alicyclic amines) is 1. The Morgan fingerprint density at radius 2 is 1.70 bits per heavy atom. The lowest BCUT2D eigenvalue weighted by Crippen LogP contribution is -2.43. The van der Waals surface area contributed by atoms with Crippen LogP contribution < -0.4 is 5.32 Å². The first-order valence-corrected chi connectivity index (χ1v) is 6.13. The Labute approximate surface area is 112 Å². The van der Waals surface area contributed by atoms with Gasteiger partial charge in [0.25, 0.3) is 0 Å². The van der Waals surface area contributed by atoms with Crippen LogP contribution in [0.3, 0.4) is 0 Å². The number of hydrogen-bond acceptors (Lipinski definition) is 3. The number of halogens is 3. The first-order chi connectivity index (χ1) is 9.29. The highest BCUT2D eigenvalue weighted by Crippen LogP contribution is 2.34. The third-order valence-electron chi connectivity index (χ3n) is 3.39. The average molecular weight is 290 g/mol. The molecule has 110 valence electrons. The van der Waals surface area contributed by atoms with Gasteiger partial charge < -0.3 is 5.32 Å². The van der Waals surface area contributed by atoms with E-state index < -0.39 is 48.8 Å². The normalized spacial score (nSPS) is 25.9. The monoisotopic (exact) mass is 290 g/mol.